The maximum absolute atomic E-state index is 14.7. The second-order valence-electron chi connectivity index (χ2n) is 9.92. The smallest absolute Gasteiger partial charge is 0.309 e. The summed E-state index contributed by atoms with van der Waals surface area (Å²) in [5, 5.41) is 0. The van der Waals surface area contributed by atoms with Gasteiger partial charge in [0.15, 0.2) is 0 Å². The van der Waals surface area contributed by atoms with Gasteiger partial charge in [-0.25, -0.2) is 4.39 Å². The Morgan fingerprint density at radius 1 is 0.862 bits per heavy atom. The highest BCUT2D eigenvalue weighted by atomic mass is 19.1. The van der Waals surface area contributed by atoms with Gasteiger partial charge in [0.1, 0.15) is 12.3 Å². The van der Waals surface area contributed by atoms with Crippen molar-refractivity contribution in [2.75, 3.05) is 0 Å². The van der Waals surface area contributed by atoms with Gasteiger partial charge in [0.05, 0.1) is 5.92 Å². The first kappa shape index (κ1) is 22.6. The van der Waals surface area contributed by atoms with Crippen molar-refractivity contribution in [2.24, 2.45) is 29.6 Å². The zero-order chi connectivity index (χ0) is 20.6. The molecule has 3 aliphatic carbocycles. The van der Waals surface area contributed by atoms with Gasteiger partial charge in [-0.1, -0.05) is 45.0 Å². The van der Waals surface area contributed by atoms with E-state index in [9.17, 15) is 9.18 Å². The van der Waals surface area contributed by atoms with Gasteiger partial charge < -0.3 is 4.74 Å². The SMILES string of the molecule is CCCC1CCC(C(=O)OC2CCC(C#CC3CCC(CC)CC3)CC2F)CC1. The Morgan fingerprint density at radius 2 is 1.48 bits per heavy atom. The Labute approximate surface area is 177 Å². The van der Waals surface area contributed by atoms with Crippen molar-refractivity contribution in [2.45, 2.75) is 116 Å². The summed E-state index contributed by atoms with van der Waals surface area (Å²) in [6.07, 6.45) is 13.2. The molecule has 0 heterocycles. The lowest BCUT2D eigenvalue weighted by Crippen LogP contribution is -2.36. The Bertz CT molecular complexity index is 561. The van der Waals surface area contributed by atoms with Gasteiger partial charge in [-0.05, 0) is 82.5 Å². The molecular formula is C26H41FO2. The van der Waals surface area contributed by atoms with Crippen LogP contribution in [0.3, 0.4) is 0 Å². The summed E-state index contributed by atoms with van der Waals surface area (Å²) in [6.45, 7) is 4.50. The summed E-state index contributed by atoms with van der Waals surface area (Å²) < 4.78 is 20.3. The van der Waals surface area contributed by atoms with Gasteiger partial charge in [-0.2, -0.15) is 0 Å². The summed E-state index contributed by atoms with van der Waals surface area (Å²) in [7, 11) is 0. The molecule has 164 valence electrons. The summed E-state index contributed by atoms with van der Waals surface area (Å²) in [6, 6.07) is 0. The van der Waals surface area contributed by atoms with Crippen molar-refractivity contribution in [3.05, 3.63) is 0 Å². The normalized spacial score (nSPS) is 38.0. The zero-order valence-corrected chi connectivity index (χ0v) is 18.6. The number of hydrogen-bond donors (Lipinski definition) is 0. The number of carbonyl (C=O) groups excluding carboxylic acids is 1. The van der Waals surface area contributed by atoms with Crippen molar-refractivity contribution in [3.8, 4) is 11.8 Å². The number of alkyl halides is 1. The average Bonchev–Trinajstić information content (AvgIpc) is 2.75. The Morgan fingerprint density at radius 3 is 2.10 bits per heavy atom. The van der Waals surface area contributed by atoms with Crippen LogP contribution in [0.25, 0.3) is 0 Å². The first-order valence-corrected chi connectivity index (χ1v) is 12.4. The molecule has 0 aromatic heterocycles. The lowest BCUT2D eigenvalue weighted by molar-refractivity contribution is -0.161. The molecule has 3 aliphatic rings. The van der Waals surface area contributed by atoms with E-state index in [-0.39, 0.29) is 17.8 Å². The van der Waals surface area contributed by atoms with E-state index in [1.54, 1.807) is 0 Å². The lowest BCUT2D eigenvalue weighted by Gasteiger charge is -2.32. The van der Waals surface area contributed by atoms with Crippen LogP contribution < -0.4 is 0 Å². The number of carbonyl (C=O) groups is 1. The molecule has 2 nitrogen and oxygen atoms in total. The maximum atomic E-state index is 14.7. The van der Waals surface area contributed by atoms with Gasteiger partial charge in [0.25, 0.3) is 0 Å². The van der Waals surface area contributed by atoms with Crippen LogP contribution in [0, 0.1) is 41.4 Å². The van der Waals surface area contributed by atoms with Crippen LogP contribution in [-0.4, -0.2) is 18.2 Å². The predicted octanol–water partition coefficient (Wildman–Crippen LogP) is 6.86. The third-order valence-electron chi connectivity index (χ3n) is 7.77. The van der Waals surface area contributed by atoms with Crippen LogP contribution in [0.2, 0.25) is 0 Å². The molecule has 0 radical (unpaired) electrons. The molecule has 29 heavy (non-hydrogen) atoms. The van der Waals surface area contributed by atoms with E-state index >= 15 is 0 Å². The van der Waals surface area contributed by atoms with Gasteiger partial charge in [0, 0.05) is 11.8 Å². The van der Waals surface area contributed by atoms with Crippen molar-refractivity contribution < 1.29 is 13.9 Å². The van der Waals surface area contributed by atoms with Crippen LogP contribution >= 0.6 is 0 Å². The van der Waals surface area contributed by atoms with E-state index in [4.69, 9.17) is 4.74 Å². The minimum Gasteiger partial charge on any atom is -0.459 e. The molecule has 0 aliphatic heterocycles. The maximum Gasteiger partial charge on any atom is 0.309 e. The lowest BCUT2D eigenvalue weighted by atomic mass is 9.80. The molecule has 3 fully saturated rings. The van der Waals surface area contributed by atoms with Crippen LogP contribution in [0.15, 0.2) is 0 Å². The second-order valence-corrected chi connectivity index (χ2v) is 9.92. The minimum absolute atomic E-state index is 0.00827. The highest BCUT2D eigenvalue weighted by Gasteiger charge is 2.35. The second kappa shape index (κ2) is 11.4. The van der Waals surface area contributed by atoms with Crippen LogP contribution in [0.1, 0.15) is 104 Å². The van der Waals surface area contributed by atoms with Crippen molar-refractivity contribution in [1.29, 1.82) is 0 Å². The van der Waals surface area contributed by atoms with E-state index in [0.717, 1.165) is 43.9 Å². The van der Waals surface area contributed by atoms with E-state index in [0.29, 0.717) is 18.8 Å². The van der Waals surface area contributed by atoms with Gasteiger partial charge in [0.2, 0.25) is 0 Å². The van der Waals surface area contributed by atoms with Crippen LogP contribution in [0.4, 0.5) is 4.39 Å². The molecule has 0 saturated heterocycles. The molecule has 0 N–H and O–H groups in total. The molecule has 3 unspecified atom stereocenters. The van der Waals surface area contributed by atoms with Crippen molar-refractivity contribution >= 4 is 5.97 Å². The topological polar surface area (TPSA) is 26.3 Å². The molecule has 0 amide bonds. The molecule has 0 aromatic carbocycles. The van der Waals surface area contributed by atoms with Gasteiger partial charge >= 0.3 is 5.97 Å². The number of halogens is 1. The summed E-state index contributed by atoms with van der Waals surface area (Å²) >= 11 is 0. The average molecular weight is 405 g/mol. The molecule has 0 bridgehead atoms. The molecule has 3 atom stereocenters. The first-order chi connectivity index (χ1) is 14.1. The Hall–Kier alpha value is -1.04. The van der Waals surface area contributed by atoms with E-state index in [2.05, 4.69) is 25.7 Å². The van der Waals surface area contributed by atoms with Gasteiger partial charge in [-0.3, -0.25) is 4.79 Å². The fourth-order valence-corrected chi connectivity index (χ4v) is 5.64. The number of esters is 1. The molecule has 3 saturated carbocycles. The van der Waals surface area contributed by atoms with E-state index in [1.807, 2.05) is 0 Å². The number of rotatable bonds is 5. The molecule has 0 spiro atoms. The highest BCUT2D eigenvalue weighted by molar-refractivity contribution is 5.72. The Balaban J connectivity index is 1.39. The molecular weight excluding hydrogens is 363 g/mol. The standard InChI is InChI=1S/C26H41FO2/c1-3-5-20-12-15-23(16-13-20)26(28)29-25-17-14-22(18-24(25)27)11-10-21-8-6-19(4-2)7-9-21/h19-25H,3-9,12-18H2,1-2H3. The van der Waals surface area contributed by atoms with Crippen LogP contribution in [0.5, 0.6) is 0 Å². The fourth-order valence-electron chi connectivity index (χ4n) is 5.64. The highest BCUT2D eigenvalue weighted by Crippen LogP contribution is 2.35. The minimum atomic E-state index is -1.06. The summed E-state index contributed by atoms with van der Waals surface area (Å²) in [5.41, 5.74) is 0. The predicted molar refractivity (Wildman–Crippen MR) is 116 cm³/mol. The van der Waals surface area contributed by atoms with E-state index in [1.165, 1.54) is 44.9 Å². The fraction of sp³-hybridized carbons (Fsp3) is 0.885. The quantitative estimate of drug-likeness (QED) is 0.369. The first-order valence-electron chi connectivity index (χ1n) is 12.4. The summed E-state index contributed by atoms with van der Waals surface area (Å²) in [4.78, 5) is 12.5. The van der Waals surface area contributed by atoms with Crippen LogP contribution in [-0.2, 0) is 9.53 Å². The van der Waals surface area contributed by atoms with Gasteiger partial charge in [-0.15, -0.1) is 0 Å². The largest absolute Gasteiger partial charge is 0.459 e. The number of hydrogen-bond acceptors (Lipinski definition) is 2. The molecule has 0 aromatic rings. The Kier molecular flexibility index (Phi) is 8.88. The van der Waals surface area contributed by atoms with Crippen molar-refractivity contribution in [1.82, 2.24) is 0 Å². The summed E-state index contributed by atoms with van der Waals surface area (Å²) in [5.74, 6) is 8.97. The molecule has 3 heteroatoms. The van der Waals surface area contributed by atoms with E-state index < -0.39 is 12.3 Å². The monoisotopic (exact) mass is 404 g/mol. The third kappa shape index (κ3) is 6.73. The number of ether oxygens (including phenoxy) is 1. The third-order valence-corrected chi connectivity index (χ3v) is 7.77. The molecule has 3 rings (SSSR count). The van der Waals surface area contributed by atoms with Crippen molar-refractivity contribution in [3.63, 3.8) is 0 Å². The zero-order valence-electron chi connectivity index (χ0n) is 18.6.